The SMILES string of the molecule is O=[N+]([O-])c1cc(Cl)c(C(F)(F)F)c(C(F)(F)F)c1. The predicted molar refractivity (Wildman–Crippen MR) is 48.1 cm³/mol. The van der Waals surface area contributed by atoms with E-state index in [-0.39, 0.29) is 12.1 Å². The van der Waals surface area contributed by atoms with Crippen LogP contribution in [-0.4, -0.2) is 4.92 Å². The van der Waals surface area contributed by atoms with Crippen LogP contribution in [0.15, 0.2) is 12.1 Å². The first-order valence-electron chi connectivity index (χ1n) is 4.07. The summed E-state index contributed by atoms with van der Waals surface area (Å²) >= 11 is 5.04. The van der Waals surface area contributed by atoms with E-state index in [0.717, 1.165) is 0 Å². The number of alkyl halides is 6. The van der Waals surface area contributed by atoms with Crippen molar-refractivity contribution in [2.45, 2.75) is 12.4 Å². The highest BCUT2D eigenvalue weighted by Crippen LogP contribution is 2.45. The molecule has 0 heterocycles. The van der Waals surface area contributed by atoms with E-state index in [0.29, 0.717) is 0 Å². The van der Waals surface area contributed by atoms with Gasteiger partial charge in [0.05, 0.1) is 21.1 Å². The maximum absolute atomic E-state index is 12.4. The van der Waals surface area contributed by atoms with Gasteiger partial charge < -0.3 is 0 Å². The first-order valence-corrected chi connectivity index (χ1v) is 4.44. The van der Waals surface area contributed by atoms with Gasteiger partial charge in [-0.3, -0.25) is 10.1 Å². The molecule has 1 rings (SSSR count). The van der Waals surface area contributed by atoms with Crippen molar-refractivity contribution in [1.29, 1.82) is 0 Å². The zero-order chi connectivity index (χ0) is 14.3. The fourth-order valence-corrected chi connectivity index (χ4v) is 1.53. The Bertz CT molecular complexity index is 496. The highest BCUT2D eigenvalue weighted by atomic mass is 35.5. The predicted octanol–water partition coefficient (Wildman–Crippen LogP) is 4.29. The lowest BCUT2D eigenvalue weighted by Gasteiger charge is -2.16. The lowest BCUT2D eigenvalue weighted by Crippen LogP contribution is -2.17. The zero-order valence-corrected chi connectivity index (χ0v) is 8.82. The Morgan fingerprint density at radius 2 is 1.56 bits per heavy atom. The Morgan fingerprint density at radius 1 is 1.06 bits per heavy atom. The summed E-state index contributed by atoms with van der Waals surface area (Å²) in [5, 5.41) is 8.92. The second kappa shape index (κ2) is 4.30. The molecule has 0 saturated carbocycles. The van der Waals surface area contributed by atoms with Gasteiger partial charge in [0.15, 0.2) is 0 Å². The fraction of sp³-hybridized carbons (Fsp3) is 0.250. The van der Waals surface area contributed by atoms with Gasteiger partial charge in [-0.2, -0.15) is 26.3 Å². The van der Waals surface area contributed by atoms with Crippen molar-refractivity contribution in [2.75, 3.05) is 0 Å². The lowest BCUT2D eigenvalue weighted by molar-refractivity contribution is -0.385. The van der Waals surface area contributed by atoms with Gasteiger partial charge in [-0.25, -0.2) is 0 Å². The third-order valence-corrected chi connectivity index (χ3v) is 2.17. The first-order chi connectivity index (χ1) is 7.94. The molecular weight excluding hydrogens is 292 g/mol. The van der Waals surface area contributed by atoms with Gasteiger partial charge >= 0.3 is 12.4 Å². The first kappa shape index (κ1) is 14.6. The second-order valence-electron chi connectivity index (χ2n) is 3.10. The van der Waals surface area contributed by atoms with E-state index in [1.165, 1.54) is 0 Å². The van der Waals surface area contributed by atoms with Crippen LogP contribution in [0.1, 0.15) is 11.1 Å². The molecule has 0 unspecified atom stereocenters. The topological polar surface area (TPSA) is 43.1 Å². The summed E-state index contributed by atoms with van der Waals surface area (Å²) in [6.07, 6.45) is -10.8. The van der Waals surface area contributed by atoms with E-state index in [4.69, 9.17) is 11.6 Å². The van der Waals surface area contributed by atoms with Crippen LogP contribution in [0.3, 0.4) is 0 Å². The standard InChI is InChI=1S/C8H2ClF6NO2/c9-5-2-3(16(17)18)1-4(7(10,11)12)6(5)8(13,14)15/h1-2H. The summed E-state index contributed by atoms with van der Waals surface area (Å²) in [6.45, 7) is 0. The highest BCUT2D eigenvalue weighted by Gasteiger charge is 2.46. The van der Waals surface area contributed by atoms with Crippen LogP contribution in [0, 0.1) is 10.1 Å². The maximum Gasteiger partial charge on any atom is 0.418 e. The molecule has 0 amide bonds. The Balaban J connectivity index is 3.67. The van der Waals surface area contributed by atoms with Gasteiger partial charge in [0, 0.05) is 12.1 Å². The average Bonchev–Trinajstić information content (AvgIpc) is 2.12. The molecule has 1 aromatic carbocycles. The number of non-ortho nitro benzene ring substituents is 1. The number of halogens is 7. The monoisotopic (exact) mass is 293 g/mol. The molecule has 1 aromatic rings. The minimum absolute atomic E-state index is 0.200. The molecule has 0 aromatic heterocycles. The van der Waals surface area contributed by atoms with Crippen molar-refractivity contribution in [3.63, 3.8) is 0 Å². The largest absolute Gasteiger partial charge is 0.418 e. The van der Waals surface area contributed by atoms with Crippen LogP contribution in [-0.2, 0) is 12.4 Å². The van der Waals surface area contributed by atoms with Gasteiger partial charge in [-0.15, -0.1) is 0 Å². The van der Waals surface area contributed by atoms with E-state index in [1.54, 1.807) is 0 Å². The number of rotatable bonds is 1. The Hall–Kier alpha value is -1.51. The van der Waals surface area contributed by atoms with Crippen molar-refractivity contribution in [2.24, 2.45) is 0 Å². The molecule has 0 aliphatic heterocycles. The Kier molecular flexibility index (Phi) is 3.48. The Morgan fingerprint density at radius 3 is 1.89 bits per heavy atom. The van der Waals surface area contributed by atoms with Crippen LogP contribution < -0.4 is 0 Å². The number of benzene rings is 1. The van der Waals surface area contributed by atoms with Crippen LogP contribution >= 0.6 is 11.6 Å². The summed E-state index contributed by atoms with van der Waals surface area (Å²) in [6, 6.07) is 0.0221. The molecular formula is C8H2ClF6NO2. The molecule has 0 N–H and O–H groups in total. The van der Waals surface area contributed by atoms with Gasteiger partial charge in [-0.05, 0) is 0 Å². The van der Waals surface area contributed by atoms with E-state index < -0.39 is 39.1 Å². The quantitative estimate of drug-likeness (QED) is 0.440. The summed E-state index contributed by atoms with van der Waals surface area (Å²) < 4.78 is 74.5. The molecule has 0 spiro atoms. The normalized spacial score (nSPS) is 12.6. The van der Waals surface area contributed by atoms with Crippen LogP contribution in [0.5, 0.6) is 0 Å². The van der Waals surface area contributed by atoms with Crippen molar-refractivity contribution in [1.82, 2.24) is 0 Å². The summed E-state index contributed by atoms with van der Waals surface area (Å²) in [7, 11) is 0. The lowest BCUT2D eigenvalue weighted by atomic mass is 10.1. The molecule has 0 radical (unpaired) electrons. The van der Waals surface area contributed by atoms with Crippen molar-refractivity contribution in [3.8, 4) is 0 Å². The molecule has 10 heteroatoms. The Labute approximate surface area is 100 Å². The molecule has 0 bridgehead atoms. The molecule has 0 saturated heterocycles. The second-order valence-corrected chi connectivity index (χ2v) is 3.51. The number of hydrogen-bond acceptors (Lipinski definition) is 2. The zero-order valence-electron chi connectivity index (χ0n) is 8.06. The minimum atomic E-state index is -5.40. The van der Waals surface area contributed by atoms with Crippen molar-refractivity contribution in [3.05, 3.63) is 38.4 Å². The highest BCUT2D eigenvalue weighted by molar-refractivity contribution is 6.31. The summed E-state index contributed by atoms with van der Waals surface area (Å²) in [5.74, 6) is 0. The minimum Gasteiger partial charge on any atom is -0.258 e. The smallest absolute Gasteiger partial charge is 0.258 e. The van der Waals surface area contributed by atoms with E-state index in [2.05, 4.69) is 0 Å². The molecule has 0 atom stereocenters. The van der Waals surface area contributed by atoms with Gasteiger partial charge in [-0.1, -0.05) is 11.6 Å². The third-order valence-electron chi connectivity index (χ3n) is 1.87. The average molecular weight is 294 g/mol. The van der Waals surface area contributed by atoms with E-state index in [9.17, 15) is 36.5 Å². The number of nitro benzene ring substituents is 1. The van der Waals surface area contributed by atoms with Gasteiger partial charge in [0.1, 0.15) is 0 Å². The van der Waals surface area contributed by atoms with Gasteiger partial charge in [0.25, 0.3) is 5.69 Å². The third kappa shape index (κ3) is 2.84. The molecule has 3 nitrogen and oxygen atoms in total. The number of nitrogens with zero attached hydrogens (tertiary/aromatic N) is 1. The maximum atomic E-state index is 12.4. The molecule has 0 fully saturated rings. The van der Waals surface area contributed by atoms with Crippen LogP contribution in [0.2, 0.25) is 5.02 Å². The molecule has 100 valence electrons. The molecule has 18 heavy (non-hydrogen) atoms. The molecule has 0 aliphatic carbocycles. The van der Waals surface area contributed by atoms with Gasteiger partial charge in [0.2, 0.25) is 0 Å². The number of nitro groups is 1. The van der Waals surface area contributed by atoms with Crippen LogP contribution in [0.4, 0.5) is 32.0 Å². The summed E-state index contributed by atoms with van der Waals surface area (Å²) in [5.41, 5.74) is -5.49. The number of hydrogen-bond donors (Lipinski definition) is 0. The molecule has 0 aliphatic rings. The summed E-state index contributed by atoms with van der Waals surface area (Å²) in [4.78, 5) is 9.03. The van der Waals surface area contributed by atoms with E-state index >= 15 is 0 Å². The van der Waals surface area contributed by atoms with Crippen molar-refractivity contribution < 1.29 is 31.3 Å². The van der Waals surface area contributed by atoms with Crippen molar-refractivity contribution >= 4 is 17.3 Å². The fourth-order valence-electron chi connectivity index (χ4n) is 1.21. The van der Waals surface area contributed by atoms with E-state index in [1.807, 2.05) is 0 Å². The van der Waals surface area contributed by atoms with Crippen LogP contribution in [0.25, 0.3) is 0 Å².